The second kappa shape index (κ2) is 4.37. The fraction of sp³-hybridized carbons (Fsp3) is 0.500. The second-order valence-electron chi connectivity index (χ2n) is 4.10. The Hall–Kier alpha value is -1.56. The molecule has 1 N–H and O–H groups in total. The van der Waals surface area contributed by atoms with Gasteiger partial charge in [-0.1, -0.05) is 11.6 Å². The number of hydrogen-bond donors (Lipinski definition) is 1. The maximum absolute atomic E-state index is 11.8. The summed E-state index contributed by atoms with van der Waals surface area (Å²) >= 11 is 5.60. The normalized spacial score (nSPS) is 14.7. The van der Waals surface area contributed by atoms with Crippen LogP contribution in [0.1, 0.15) is 12.8 Å². The van der Waals surface area contributed by atoms with E-state index in [1.165, 1.54) is 6.20 Å². The third-order valence-corrected chi connectivity index (χ3v) is 3.03. The first-order chi connectivity index (χ1) is 7.99. The Morgan fingerprint density at radius 3 is 2.82 bits per heavy atom. The van der Waals surface area contributed by atoms with Gasteiger partial charge in [0, 0.05) is 19.3 Å². The minimum atomic E-state index is -0.643. The molecule has 0 radical (unpaired) electrons. The van der Waals surface area contributed by atoms with Crippen molar-refractivity contribution in [2.24, 2.45) is 0 Å². The molecule has 1 aromatic rings. The number of nitrogens with zero attached hydrogens (tertiary/aromatic N) is 2. The molecule has 6 nitrogen and oxygen atoms in total. The van der Waals surface area contributed by atoms with E-state index in [-0.39, 0.29) is 23.5 Å². The molecule has 1 fully saturated rings. The summed E-state index contributed by atoms with van der Waals surface area (Å²) in [5.41, 5.74) is -1.27. The standard InChI is InChI=1S/C10H12ClN3O3/c1-13(6-2-3-6)8(15)5-14-4-7(11)9(16)12-10(14)17/h4,6H,2-3,5H2,1H3,(H,12,16,17). The number of rotatable bonds is 3. The molecule has 0 unspecified atom stereocenters. The number of aromatic nitrogens is 2. The van der Waals surface area contributed by atoms with Crippen molar-refractivity contribution in [3.63, 3.8) is 0 Å². The van der Waals surface area contributed by atoms with Crippen molar-refractivity contribution in [3.8, 4) is 0 Å². The lowest BCUT2D eigenvalue weighted by molar-refractivity contribution is -0.131. The number of halogens is 1. The van der Waals surface area contributed by atoms with Crippen LogP contribution in [0.4, 0.5) is 0 Å². The molecule has 0 spiro atoms. The number of carbonyl (C=O) groups excluding carboxylic acids is 1. The summed E-state index contributed by atoms with van der Waals surface area (Å²) in [5.74, 6) is -0.169. The molecule has 1 amide bonds. The summed E-state index contributed by atoms with van der Waals surface area (Å²) in [4.78, 5) is 37.9. The van der Waals surface area contributed by atoms with Crippen molar-refractivity contribution in [1.82, 2.24) is 14.5 Å². The summed E-state index contributed by atoms with van der Waals surface area (Å²) in [7, 11) is 1.71. The first kappa shape index (κ1) is 11.9. The SMILES string of the molecule is CN(C(=O)Cn1cc(Cl)c(=O)[nH]c1=O)C1CC1. The van der Waals surface area contributed by atoms with Crippen LogP contribution in [0.3, 0.4) is 0 Å². The van der Waals surface area contributed by atoms with E-state index in [0.29, 0.717) is 0 Å². The van der Waals surface area contributed by atoms with Crippen molar-refractivity contribution < 1.29 is 4.79 Å². The maximum atomic E-state index is 11.8. The molecule has 0 atom stereocenters. The summed E-state index contributed by atoms with van der Waals surface area (Å²) in [6, 6.07) is 0.288. The van der Waals surface area contributed by atoms with E-state index in [4.69, 9.17) is 11.6 Å². The van der Waals surface area contributed by atoms with E-state index in [9.17, 15) is 14.4 Å². The van der Waals surface area contributed by atoms with Gasteiger partial charge in [-0.2, -0.15) is 0 Å². The van der Waals surface area contributed by atoms with Crippen LogP contribution in [-0.4, -0.2) is 33.4 Å². The second-order valence-corrected chi connectivity index (χ2v) is 4.51. The zero-order chi connectivity index (χ0) is 12.6. The number of likely N-dealkylation sites (N-methyl/N-ethyl adjacent to an activating group) is 1. The zero-order valence-corrected chi connectivity index (χ0v) is 10.0. The van der Waals surface area contributed by atoms with Crippen LogP contribution in [0.2, 0.25) is 5.02 Å². The van der Waals surface area contributed by atoms with Gasteiger partial charge in [0.15, 0.2) is 0 Å². The van der Waals surface area contributed by atoms with E-state index in [2.05, 4.69) is 0 Å². The van der Waals surface area contributed by atoms with E-state index in [1.807, 2.05) is 4.98 Å². The van der Waals surface area contributed by atoms with Gasteiger partial charge in [0.1, 0.15) is 11.6 Å². The molecule has 0 bridgehead atoms. The van der Waals surface area contributed by atoms with Crippen LogP contribution in [0.5, 0.6) is 0 Å². The third-order valence-electron chi connectivity index (χ3n) is 2.76. The third kappa shape index (κ3) is 2.58. The van der Waals surface area contributed by atoms with Crippen LogP contribution >= 0.6 is 11.6 Å². The molecule has 0 aromatic carbocycles. The first-order valence-electron chi connectivity index (χ1n) is 5.24. The predicted octanol–water partition coefficient (Wildman–Crippen LogP) is -0.189. The molecule has 1 aromatic heterocycles. The van der Waals surface area contributed by atoms with Gasteiger partial charge in [-0.25, -0.2) is 4.79 Å². The molecule has 1 saturated carbocycles. The smallest absolute Gasteiger partial charge is 0.328 e. The molecule has 1 heterocycles. The lowest BCUT2D eigenvalue weighted by Gasteiger charge is -2.16. The van der Waals surface area contributed by atoms with Gasteiger partial charge in [0.2, 0.25) is 5.91 Å². The molecule has 1 aliphatic carbocycles. The van der Waals surface area contributed by atoms with E-state index >= 15 is 0 Å². The quantitative estimate of drug-likeness (QED) is 0.816. The van der Waals surface area contributed by atoms with Crippen LogP contribution < -0.4 is 11.2 Å². The Balaban J connectivity index is 2.18. The minimum Gasteiger partial charge on any atom is -0.341 e. The largest absolute Gasteiger partial charge is 0.341 e. The van der Waals surface area contributed by atoms with Gasteiger partial charge < -0.3 is 4.90 Å². The molecule has 1 aliphatic rings. The number of amides is 1. The van der Waals surface area contributed by atoms with Gasteiger partial charge in [0.05, 0.1) is 0 Å². The van der Waals surface area contributed by atoms with Gasteiger partial charge >= 0.3 is 5.69 Å². The molecule has 92 valence electrons. The van der Waals surface area contributed by atoms with Crippen molar-refractivity contribution in [1.29, 1.82) is 0 Å². The summed E-state index contributed by atoms with van der Waals surface area (Å²) < 4.78 is 1.10. The Morgan fingerprint density at radius 1 is 1.59 bits per heavy atom. The molecule has 0 saturated heterocycles. The Morgan fingerprint density at radius 2 is 2.24 bits per heavy atom. The highest BCUT2D eigenvalue weighted by Gasteiger charge is 2.29. The zero-order valence-electron chi connectivity index (χ0n) is 9.27. The Bertz CT molecular complexity index is 559. The molecule has 0 aliphatic heterocycles. The number of nitrogens with one attached hydrogen (secondary N) is 1. The Labute approximate surface area is 102 Å². The Kier molecular flexibility index (Phi) is 3.06. The molecule has 2 rings (SSSR count). The van der Waals surface area contributed by atoms with E-state index in [0.717, 1.165) is 17.4 Å². The number of hydrogen-bond acceptors (Lipinski definition) is 3. The van der Waals surface area contributed by atoms with Crippen LogP contribution in [0, 0.1) is 0 Å². The summed E-state index contributed by atoms with van der Waals surface area (Å²) in [5, 5.41) is -0.105. The maximum Gasteiger partial charge on any atom is 0.328 e. The highest BCUT2D eigenvalue weighted by molar-refractivity contribution is 6.30. The highest BCUT2D eigenvalue weighted by Crippen LogP contribution is 2.25. The van der Waals surface area contributed by atoms with Crippen molar-refractivity contribution in [2.75, 3.05) is 7.05 Å². The van der Waals surface area contributed by atoms with Crippen LogP contribution in [-0.2, 0) is 11.3 Å². The molecule has 17 heavy (non-hydrogen) atoms. The lowest BCUT2D eigenvalue weighted by atomic mass is 10.4. The van der Waals surface area contributed by atoms with Gasteiger partial charge in [0.25, 0.3) is 5.56 Å². The summed E-state index contributed by atoms with van der Waals surface area (Å²) in [6.45, 7) is -0.109. The number of aromatic amines is 1. The fourth-order valence-corrected chi connectivity index (χ4v) is 1.69. The average molecular weight is 258 g/mol. The average Bonchev–Trinajstić information content (AvgIpc) is 3.08. The molecule has 7 heteroatoms. The van der Waals surface area contributed by atoms with E-state index in [1.54, 1.807) is 11.9 Å². The predicted molar refractivity (Wildman–Crippen MR) is 62.1 cm³/mol. The molecular formula is C10H12ClN3O3. The monoisotopic (exact) mass is 257 g/mol. The van der Waals surface area contributed by atoms with Gasteiger partial charge in [-0.15, -0.1) is 0 Å². The van der Waals surface area contributed by atoms with Gasteiger partial charge in [-0.3, -0.25) is 19.1 Å². The highest BCUT2D eigenvalue weighted by atomic mass is 35.5. The number of H-pyrrole nitrogens is 1. The lowest BCUT2D eigenvalue weighted by Crippen LogP contribution is -2.37. The minimum absolute atomic E-state index is 0.105. The number of carbonyl (C=O) groups is 1. The summed E-state index contributed by atoms with van der Waals surface area (Å²) in [6.07, 6.45) is 3.19. The van der Waals surface area contributed by atoms with Crippen molar-refractivity contribution in [3.05, 3.63) is 32.1 Å². The van der Waals surface area contributed by atoms with Crippen molar-refractivity contribution >= 4 is 17.5 Å². The van der Waals surface area contributed by atoms with E-state index < -0.39 is 11.2 Å². The first-order valence-corrected chi connectivity index (χ1v) is 5.62. The van der Waals surface area contributed by atoms with Crippen molar-refractivity contribution in [2.45, 2.75) is 25.4 Å². The topological polar surface area (TPSA) is 75.2 Å². The van der Waals surface area contributed by atoms with Crippen LogP contribution in [0.15, 0.2) is 15.8 Å². The van der Waals surface area contributed by atoms with Crippen LogP contribution in [0.25, 0.3) is 0 Å². The van der Waals surface area contributed by atoms with Gasteiger partial charge in [-0.05, 0) is 12.8 Å². The molecular weight excluding hydrogens is 246 g/mol. The fourth-order valence-electron chi connectivity index (χ4n) is 1.52.